The topological polar surface area (TPSA) is 101 Å². The number of rotatable bonds is 4. The lowest BCUT2D eigenvalue weighted by molar-refractivity contribution is -0.134. The molecule has 1 atom stereocenters. The van der Waals surface area contributed by atoms with Gasteiger partial charge in [-0.2, -0.15) is 0 Å². The number of nitrogens with zero attached hydrogens (tertiary/aromatic N) is 1. The van der Waals surface area contributed by atoms with Gasteiger partial charge in [-0.05, 0) is 17.9 Å². The van der Waals surface area contributed by atoms with Gasteiger partial charge in [-0.1, -0.05) is 30.3 Å². The molecular weight excluding hydrogens is 358 g/mol. The van der Waals surface area contributed by atoms with E-state index in [-0.39, 0.29) is 22.8 Å². The van der Waals surface area contributed by atoms with Crippen LogP contribution < -0.4 is 0 Å². The molecule has 7 nitrogen and oxygen atoms in total. The molecule has 2 aromatic carbocycles. The van der Waals surface area contributed by atoms with Crippen molar-refractivity contribution in [3.05, 3.63) is 42.0 Å². The molecule has 0 spiro atoms. The standard InChI is InChI=1S/C18H19NO6S/c1-19(13-8-9-26(23,24)11-13)16(20)10-25-18(22)15-7-6-12-4-2-3-5-14(12)17(15)21/h2-7,13,21H,8-11H2,1H3/t13-/m1/s1. The van der Waals surface area contributed by atoms with Crippen LogP contribution in [0.3, 0.4) is 0 Å². The maximum atomic E-state index is 12.2. The normalized spacial score (nSPS) is 18.6. The van der Waals surface area contributed by atoms with Crippen LogP contribution in [0.25, 0.3) is 10.8 Å². The van der Waals surface area contributed by atoms with Gasteiger partial charge in [-0.25, -0.2) is 13.2 Å². The lowest BCUT2D eigenvalue weighted by atomic mass is 10.1. The molecule has 26 heavy (non-hydrogen) atoms. The molecule has 1 fully saturated rings. The number of benzene rings is 2. The number of hydrogen-bond acceptors (Lipinski definition) is 6. The van der Waals surface area contributed by atoms with Crippen molar-refractivity contribution in [3.63, 3.8) is 0 Å². The molecule has 0 aliphatic carbocycles. The molecule has 8 heteroatoms. The molecule has 2 aromatic rings. The van der Waals surface area contributed by atoms with E-state index in [9.17, 15) is 23.1 Å². The predicted octanol–water partition coefficient (Wildman–Crippen LogP) is 1.35. The number of likely N-dealkylation sites (N-methyl/N-ethyl adjacent to an activating group) is 1. The van der Waals surface area contributed by atoms with Crippen molar-refractivity contribution >= 4 is 32.5 Å². The molecule has 0 unspecified atom stereocenters. The van der Waals surface area contributed by atoms with E-state index in [1.54, 1.807) is 24.3 Å². The van der Waals surface area contributed by atoms with Crippen LogP contribution in [0, 0.1) is 0 Å². The second-order valence-corrected chi connectivity index (χ2v) is 8.55. The van der Waals surface area contributed by atoms with Gasteiger partial charge < -0.3 is 14.7 Å². The molecule has 1 N–H and O–H groups in total. The molecule has 0 saturated carbocycles. The minimum Gasteiger partial charge on any atom is -0.506 e. The first-order chi connectivity index (χ1) is 12.3. The number of sulfone groups is 1. The van der Waals surface area contributed by atoms with E-state index in [1.807, 2.05) is 6.07 Å². The van der Waals surface area contributed by atoms with Crippen molar-refractivity contribution in [1.29, 1.82) is 0 Å². The summed E-state index contributed by atoms with van der Waals surface area (Å²) in [5, 5.41) is 11.6. The first-order valence-corrected chi connectivity index (χ1v) is 9.94. The Hall–Kier alpha value is -2.61. The molecule has 1 saturated heterocycles. The van der Waals surface area contributed by atoms with Gasteiger partial charge in [0, 0.05) is 18.5 Å². The third-order valence-electron chi connectivity index (χ3n) is 4.60. The highest BCUT2D eigenvalue weighted by molar-refractivity contribution is 7.91. The fourth-order valence-electron chi connectivity index (χ4n) is 3.01. The van der Waals surface area contributed by atoms with E-state index in [0.29, 0.717) is 11.8 Å². The van der Waals surface area contributed by atoms with Crippen LogP contribution >= 0.6 is 0 Å². The minimum atomic E-state index is -3.11. The van der Waals surface area contributed by atoms with Gasteiger partial charge in [0.05, 0.1) is 11.5 Å². The Labute approximate surface area is 151 Å². The van der Waals surface area contributed by atoms with Crippen LogP contribution in [0.15, 0.2) is 36.4 Å². The van der Waals surface area contributed by atoms with Crippen molar-refractivity contribution in [2.75, 3.05) is 25.2 Å². The van der Waals surface area contributed by atoms with Crippen molar-refractivity contribution in [3.8, 4) is 5.75 Å². The average molecular weight is 377 g/mol. The Morgan fingerprint density at radius 1 is 1.23 bits per heavy atom. The van der Waals surface area contributed by atoms with E-state index in [0.717, 1.165) is 5.39 Å². The Morgan fingerprint density at radius 3 is 2.65 bits per heavy atom. The molecule has 138 valence electrons. The highest BCUT2D eigenvalue weighted by Crippen LogP contribution is 2.29. The van der Waals surface area contributed by atoms with E-state index >= 15 is 0 Å². The molecule has 0 bridgehead atoms. The molecule has 1 amide bonds. The SMILES string of the molecule is CN(C(=O)COC(=O)c1ccc2ccccc2c1O)[C@@H]1CCS(=O)(=O)C1. The number of phenols is 1. The number of phenolic OH excluding ortho intramolecular Hbond substituents is 1. The lowest BCUT2D eigenvalue weighted by Gasteiger charge is -2.23. The summed E-state index contributed by atoms with van der Waals surface area (Å²) < 4.78 is 28.0. The third-order valence-corrected chi connectivity index (χ3v) is 6.35. The summed E-state index contributed by atoms with van der Waals surface area (Å²) in [6.07, 6.45) is 0.379. The summed E-state index contributed by atoms with van der Waals surface area (Å²) in [5.41, 5.74) is -0.0254. The van der Waals surface area contributed by atoms with Crippen LogP contribution in [-0.4, -0.2) is 61.5 Å². The Balaban J connectivity index is 1.65. The zero-order valence-electron chi connectivity index (χ0n) is 14.2. The summed E-state index contributed by atoms with van der Waals surface area (Å²) in [6, 6.07) is 9.77. The highest BCUT2D eigenvalue weighted by Gasteiger charge is 2.33. The van der Waals surface area contributed by atoms with Crippen molar-refractivity contribution in [1.82, 2.24) is 4.90 Å². The summed E-state index contributed by atoms with van der Waals surface area (Å²) in [5.74, 6) is -1.51. The number of amides is 1. The first-order valence-electron chi connectivity index (χ1n) is 8.12. The minimum absolute atomic E-state index is 0.0254. The van der Waals surface area contributed by atoms with Gasteiger partial charge in [-0.15, -0.1) is 0 Å². The second-order valence-electron chi connectivity index (χ2n) is 6.32. The molecule has 1 aliphatic rings. The number of fused-ring (bicyclic) bond motifs is 1. The third kappa shape index (κ3) is 3.65. The first kappa shape index (κ1) is 18.2. The molecule has 0 radical (unpaired) electrons. The van der Waals surface area contributed by atoms with E-state index in [1.165, 1.54) is 18.0 Å². The molecule has 1 heterocycles. The molecule has 0 aromatic heterocycles. The highest BCUT2D eigenvalue weighted by atomic mass is 32.2. The quantitative estimate of drug-likeness (QED) is 0.807. The summed E-state index contributed by atoms with van der Waals surface area (Å²) in [6.45, 7) is -0.516. The Morgan fingerprint density at radius 2 is 1.96 bits per heavy atom. The number of carbonyl (C=O) groups excluding carboxylic acids is 2. The lowest BCUT2D eigenvalue weighted by Crippen LogP contribution is -2.40. The number of ether oxygens (including phenoxy) is 1. The summed E-state index contributed by atoms with van der Waals surface area (Å²) in [4.78, 5) is 25.7. The van der Waals surface area contributed by atoms with Gasteiger partial charge in [0.1, 0.15) is 11.3 Å². The van der Waals surface area contributed by atoms with E-state index in [2.05, 4.69) is 0 Å². The van der Waals surface area contributed by atoms with Crippen LogP contribution in [-0.2, 0) is 19.4 Å². The molecule has 3 rings (SSSR count). The van der Waals surface area contributed by atoms with Crippen molar-refractivity contribution in [2.45, 2.75) is 12.5 Å². The van der Waals surface area contributed by atoms with Gasteiger partial charge in [0.2, 0.25) is 0 Å². The zero-order valence-corrected chi connectivity index (χ0v) is 15.0. The average Bonchev–Trinajstić information content (AvgIpc) is 2.99. The van der Waals surface area contributed by atoms with E-state index in [4.69, 9.17) is 4.74 Å². The van der Waals surface area contributed by atoms with Crippen molar-refractivity contribution < 1.29 is 27.9 Å². The fourth-order valence-corrected chi connectivity index (χ4v) is 4.79. The van der Waals surface area contributed by atoms with Gasteiger partial charge >= 0.3 is 5.97 Å². The van der Waals surface area contributed by atoms with E-state index < -0.39 is 34.4 Å². The molecule has 1 aliphatic heterocycles. The maximum absolute atomic E-state index is 12.2. The van der Waals surface area contributed by atoms with Crippen LogP contribution in [0.4, 0.5) is 0 Å². The molecular formula is C18H19NO6S. The maximum Gasteiger partial charge on any atom is 0.342 e. The monoisotopic (exact) mass is 377 g/mol. The van der Waals surface area contributed by atoms with Crippen LogP contribution in [0.1, 0.15) is 16.8 Å². The van der Waals surface area contributed by atoms with Crippen LogP contribution in [0.2, 0.25) is 0 Å². The fraction of sp³-hybridized carbons (Fsp3) is 0.333. The Kier molecular flexibility index (Phi) is 4.86. The van der Waals surface area contributed by atoms with Crippen LogP contribution in [0.5, 0.6) is 5.75 Å². The zero-order chi connectivity index (χ0) is 18.9. The van der Waals surface area contributed by atoms with Gasteiger partial charge in [-0.3, -0.25) is 4.79 Å². The van der Waals surface area contributed by atoms with Gasteiger partial charge in [0.15, 0.2) is 16.4 Å². The predicted molar refractivity (Wildman–Crippen MR) is 95.7 cm³/mol. The summed E-state index contributed by atoms with van der Waals surface area (Å²) >= 11 is 0. The number of hydrogen-bond donors (Lipinski definition) is 1. The largest absolute Gasteiger partial charge is 0.506 e. The van der Waals surface area contributed by atoms with Gasteiger partial charge in [0.25, 0.3) is 5.91 Å². The smallest absolute Gasteiger partial charge is 0.342 e. The number of carbonyl (C=O) groups is 2. The number of aromatic hydroxyl groups is 1. The van der Waals surface area contributed by atoms with Crippen molar-refractivity contribution in [2.24, 2.45) is 0 Å². The number of esters is 1. The second kappa shape index (κ2) is 6.95. The Bertz CT molecular complexity index is 969. The summed E-state index contributed by atoms with van der Waals surface area (Å²) in [7, 11) is -1.61.